The third-order valence-electron chi connectivity index (χ3n) is 3.48. The molecule has 1 aliphatic carbocycles. The van der Waals surface area contributed by atoms with Gasteiger partial charge >= 0.3 is 0 Å². The van der Waals surface area contributed by atoms with Crippen molar-refractivity contribution in [3.8, 4) is 0 Å². The molecule has 1 saturated carbocycles. The van der Waals surface area contributed by atoms with E-state index in [1.165, 1.54) is 25.7 Å². The summed E-state index contributed by atoms with van der Waals surface area (Å²) in [4.78, 5) is 4.36. The number of halogens is 1. The summed E-state index contributed by atoms with van der Waals surface area (Å²) in [5, 5.41) is 4.31. The van der Waals surface area contributed by atoms with Crippen LogP contribution in [0.25, 0.3) is 5.65 Å². The predicted octanol–water partition coefficient (Wildman–Crippen LogP) is 3.02. The van der Waals surface area contributed by atoms with Crippen molar-refractivity contribution in [1.82, 2.24) is 14.7 Å². The highest BCUT2D eigenvalue weighted by atomic mass is 35.5. The van der Waals surface area contributed by atoms with E-state index in [1.807, 2.05) is 28.8 Å². The van der Waals surface area contributed by atoms with E-state index in [0.717, 1.165) is 23.0 Å². The number of nitrogens with zero attached hydrogens (tertiary/aromatic N) is 2. The molecule has 2 heterocycles. The van der Waals surface area contributed by atoms with E-state index >= 15 is 0 Å². The fourth-order valence-corrected chi connectivity index (χ4v) is 2.83. The third kappa shape index (κ3) is 2.17. The zero-order valence-corrected chi connectivity index (χ0v) is 10.5. The molecule has 3 nitrogen and oxygen atoms in total. The second-order valence-electron chi connectivity index (χ2n) is 4.65. The Morgan fingerprint density at radius 1 is 1.35 bits per heavy atom. The highest BCUT2D eigenvalue weighted by molar-refractivity contribution is 6.29. The maximum Gasteiger partial charge on any atom is 0.138 e. The molecule has 1 fully saturated rings. The van der Waals surface area contributed by atoms with Gasteiger partial charge in [0.2, 0.25) is 0 Å². The number of pyridine rings is 1. The minimum absolute atomic E-state index is 0.669. The molecule has 0 aliphatic heterocycles. The van der Waals surface area contributed by atoms with Crippen LogP contribution in [0.2, 0.25) is 5.15 Å². The lowest BCUT2D eigenvalue weighted by Gasteiger charge is -2.11. The summed E-state index contributed by atoms with van der Waals surface area (Å²) in [6.45, 7) is 0.843. The number of hydrogen-bond acceptors (Lipinski definition) is 2. The van der Waals surface area contributed by atoms with Gasteiger partial charge in [-0.05, 0) is 25.0 Å². The minimum Gasteiger partial charge on any atom is -0.308 e. The minimum atomic E-state index is 0.669. The quantitative estimate of drug-likeness (QED) is 0.848. The monoisotopic (exact) mass is 249 g/mol. The Labute approximate surface area is 106 Å². The molecule has 2 aromatic heterocycles. The lowest BCUT2D eigenvalue weighted by molar-refractivity contribution is 0.518. The third-order valence-corrected chi connectivity index (χ3v) is 3.78. The molecule has 0 saturated heterocycles. The van der Waals surface area contributed by atoms with E-state index in [-0.39, 0.29) is 0 Å². The van der Waals surface area contributed by atoms with E-state index in [9.17, 15) is 0 Å². The lowest BCUT2D eigenvalue weighted by Crippen LogP contribution is -2.25. The van der Waals surface area contributed by atoms with Crippen LogP contribution in [0.3, 0.4) is 0 Å². The molecule has 0 atom stereocenters. The van der Waals surface area contributed by atoms with Gasteiger partial charge in [-0.25, -0.2) is 4.98 Å². The van der Waals surface area contributed by atoms with Gasteiger partial charge in [0.25, 0.3) is 0 Å². The Balaban J connectivity index is 1.80. The van der Waals surface area contributed by atoms with Gasteiger partial charge in [0.1, 0.15) is 10.8 Å². The van der Waals surface area contributed by atoms with Crippen LogP contribution in [0.15, 0.2) is 24.4 Å². The van der Waals surface area contributed by atoms with Crippen molar-refractivity contribution >= 4 is 17.2 Å². The maximum atomic E-state index is 6.19. The van der Waals surface area contributed by atoms with E-state index in [0.29, 0.717) is 6.04 Å². The van der Waals surface area contributed by atoms with Crippen LogP contribution < -0.4 is 5.32 Å². The van der Waals surface area contributed by atoms with Gasteiger partial charge in [-0.3, -0.25) is 4.40 Å². The summed E-state index contributed by atoms with van der Waals surface area (Å²) in [6, 6.07) is 6.47. The Morgan fingerprint density at radius 2 is 2.18 bits per heavy atom. The summed E-state index contributed by atoms with van der Waals surface area (Å²) in [7, 11) is 0. The molecular formula is C13H16ClN3. The molecule has 0 radical (unpaired) electrons. The van der Waals surface area contributed by atoms with E-state index in [2.05, 4.69) is 10.3 Å². The first-order valence-corrected chi connectivity index (χ1v) is 6.56. The van der Waals surface area contributed by atoms with Crippen molar-refractivity contribution in [1.29, 1.82) is 0 Å². The molecule has 0 amide bonds. The van der Waals surface area contributed by atoms with Gasteiger partial charge < -0.3 is 5.32 Å². The van der Waals surface area contributed by atoms with Gasteiger partial charge in [-0.15, -0.1) is 0 Å². The van der Waals surface area contributed by atoms with Crippen LogP contribution in [-0.4, -0.2) is 15.4 Å². The smallest absolute Gasteiger partial charge is 0.138 e. The van der Waals surface area contributed by atoms with Crippen molar-refractivity contribution < 1.29 is 0 Å². The second-order valence-corrected chi connectivity index (χ2v) is 5.04. The number of nitrogens with one attached hydrogen (secondary N) is 1. The van der Waals surface area contributed by atoms with Gasteiger partial charge in [0.15, 0.2) is 0 Å². The van der Waals surface area contributed by atoms with Crippen LogP contribution in [0, 0.1) is 0 Å². The van der Waals surface area contributed by atoms with Crippen LogP contribution in [-0.2, 0) is 6.54 Å². The summed E-state index contributed by atoms with van der Waals surface area (Å²) in [6.07, 6.45) is 7.20. The highest BCUT2D eigenvalue weighted by Crippen LogP contribution is 2.19. The molecule has 1 aliphatic rings. The average Bonchev–Trinajstić information content (AvgIpc) is 2.95. The fraction of sp³-hybridized carbons (Fsp3) is 0.462. The SMILES string of the molecule is Clc1cccc2ncc(CNC3CCCC3)n12. The molecule has 2 aromatic rings. The topological polar surface area (TPSA) is 29.3 Å². The van der Waals surface area contributed by atoms with Crippen LogP contribution >= 0.6 is 11.6 Å². The summed E-state index contributed by atoms with van der Waals surface area (Å²) >= 11 is 6.19. The summed E-state index contributed by atoms with van der Waals surface area (Å²) in [5.41, 5.74) is 2.05. The Morgan fingerprint density at radius 3 is 3.00 bits per heavy atom. The molecular weight excluding hydrogens is 234 g/mol. The fourth-order valence-electron chi connectivity index (χ4n) is 2.56. The summed E-state index contributed by atoms with van der Waals surface area (Å²) in [5.74, 6) is 0. The lowest BCUT2D eigenvalue weighted by atomic mass is 10.2. The molecule has 17 heavy (non-hydrogen) atoms. The number of rotatable bonds is 3. The Kier molecular flexibility index (Phi) is 3.04. The molecule has 0 spiro atoms. The zero-order valence-electron chi connectivity index (χ0n) is 9.69. The molecule has 0 aromatic carbocycles. The van der Waals surface area contributed by atoms with Gasteiger partial charge in [-0.1, -0.05) is 30.5 Å². The van der Waals surface area contributed by atoms with Crippen LogP contribution in [0.1, 0.15) is 31.4 Å². The van der Waals surface area contributed by atoms with Crippen LogP contribution in [0.4, 0.5) is 0 Å². The number of hydrogen-bond donors (Lipinski definition) is 1. The predicted molar refractivity (Wildman–Crippen MR) is 69.3 cm³/mol. The Hall–Kier alpha value is -1.06. The van der Waals surface area contributed by atoms with Crippen molar-refractivity contribution in [2.75, 3.05) is 0 Å². The van der Waals surface area contributed by atoms with E-state index in [1.54, 1.807) is 0 Å². The molecule has 1 N–H and O–H groups in total. The first-order chi connectivity index (χ1) is 8.34. The molecule has 90 valence electrons. The van der Waals surface area contributed by atoms with Crippen molar-refractivity contribution in [2.24, 2.45) is 0 Å². The molecule has 3 rings (SSSR count). The zero-order chi connectivity index (χ0) is 11.7. The van der Waals surface area contributed by atoms with Crippen molar-refractivity contribution in [3.63, 3.8) is 0 Å². The standard InChI is InChI=1S/C13H16ClN3/c14-12-6-3-7-13-16-9-11(17(12)13)8-15-10-4-1-2-5-10/h3,6-7,9-10,15H,1-2,4-5,8H2. The maximum absolute atomic E-state index is 6.19. The number of imidazole rings is 1. The normalized spacial score (nSPS) is 17.0. The van der Waals surface area contributed by atoms with Gasteiger partial charge in [0, 0.05) is 12.6 Å². The highest BCUT2D eigenvalue weighted by Gasteiger charge is 2.15. The summed E-state index contributed by atoms with van der Waals surface area (Å²) < 4.78 is 2.00. The largest absolute Gasteiger partial charge is 0.308 e. The van der Waals surface area contributed by atoms with Crippen LogP contribution in [0.5, 0.6) is 0 Å². The van der Waals surface area contributed by atoms with E-state index < -0.39 is 0 Å². The first kappa shape index (κ1) is 11.1. The van der Waals surface area contributed by atoms with Crippen molar-refractivity contribution in [3.05, 3.63) is 35.2 Å². The number of fused-ring (bicyclic) bond motifs is 1. The average molecular weight is 250 g/mol. The molecule has 0 bridgehead atoms. The van der Waals surface area contributed by atoms with Gasteiger partial charge in [-0.2, -0.15) is 0 Å². The van der Waals surface area contributed by atoms with Gasteiger partial charge in [0.05, 0.1) is 11.9 Å². The Bertz CT molecular complexity index is 514. The second kappa shape index (κ2) is 4.67. The number of aromatic nitrogens is 2. The van der Waals surface area contributed by atoms with E-state index in [4.69, 9.17) is 11.6 Å². The first-order valence-electron chi connectivity index (χ1n) is 6.19. The molecule has 4 heteroatoms. The molecule has 0 unspecified atom stereocenters. The van der Waals surface area contributed by atoms with Crippen molar-refractivity contribution in [2.45, 2.75) is 38.3 Å².